The second-order valence-corrected chi connectivity index (χ2v) is 12.8. The highest BCUT2D eigenvalue weighted by Crippen LogP contribution is 2.48. The molecule has 0 N–H and O–H groups in total. The molecule has 3 aromatic rings. The Labute approximate surface area is 237 Å². The van der Waals surface area contributed by atoms with Gasteiger partial charge in [-0.15, -0.1) is 0 Å². The highest BCUT2D eigenvalue weighted by Gasteiger charge is 2.39. The van der Waals surface area contributed by atoms with Gasteiger partial charge in [-0.2, -0.15) is 0 Å². The van der Waals surface area contributed by atoms with Crippen LogP contribution in [-0.2, 0) is 28.6 Å². The first-order valence-electron chi connectivity index (χ1n) is 12.2. The number of anilines is 1. The maximum Gasteiger partial charge on any atom is 0.282 e. The molecule has 1 aliphatic heterocycles. The van der Waals surface area contributed by atoms with Gasteiger partial charge in [-0.1, -0.05) is 59.1 Å². The number of benzene rings is 2. The number of halogens is 3. The normalized spacial score (nSPS) is 16.4. The van der Waals surface area contributed by atoms with Crippen LogP contribution in [0.1, 0.15) is 45.5 Å². The smallest absolute Gasteiger partial charge is 0.282 e. The minimum absolute atomic E-state index is 0.250. The molecule has 1 aliphatic rings. The molecule has 37 heavy (non-hydrogen) atoms. The third-order valence-electron chi connectivity index (χ3n) is 6.91. The fraction of sp³-hybridized carbons (Fsp3) is 0.370. The summed E-state index contributed by atoms with van der Waals surface area (Å²) in [6, 6.07) is 9.93. The molecule has 2 aromatic carbocycles. The Bertz CT molecular complexity index is 1480. The molecular formula is C27H30BrCl2N3O3S. The van der Waals surface area contributed by atoms with Crippen molar-refractivity contribution in [2.45, 2.75) is 52.6 Å². The summed E-state index contributed by atoms with van der Waals surface area (Å²) in [6.07, 6.45) is 6.44. The van der Waals surface area contributed by atoms with Gasteiger partial charge in [0.05, 0.1) is 33.3 Å². The van der Waals surface area contributed by atoms with Gasteiger partial charge >= 0.3 is 0 Å². The third-order valence-corrected chi connectivity index (χ3v) is 8.92. The molecule has 0 fully saturated rings. The first kappa shape index (κ1) is 28.2. The predicted octanol–water partition coefficient (Wildman–Crippen LogP) is 6.67. The lowest BCUT2D eigenvalue weighted by Gasteiger charge is -2.27. The number of aromatic nitrogens is 2. The number of imidazole rings is 1. The van der Waals surface area contributed by atoms with E-state index in [0.717, 1.165) is 51.4 Å². The fourth-order valence-electron chi connectivity index (χ4n) is 5.21. The van der Waals surface area contributed by atoms with Crippen molar-refractivity contribution in [3.05, 3.63) is 74.1 Å². The summed E-state index contributed by atoms with van der Waals surface area (Å²) in [6.45, 7) is 10.5. The minimum atomic E-state index is -4.28. The molecule has 0 unspecified atom stereocenters. The SMILES string of the molecule is CCn1c(/C=C/C=C2/N(CCCS(=O)(=O)[O-])c3ccc(Br)cc3C2(C)C)[n+](CC)c2cc(Cl)c(Cl)cc21. The standard InChI is InChI=1S/C27H30BrCl2N3O3S/c1-5-31-23-16-20(29)21(30)17-24(23)32(6-2)26(31)10-7-9-25-27(3,4)19-15-18(28)11-12-22(19)33(25)13-8-14-37(34,35)36/h7,9-12,15-17H,5-6,8,13-14H2,1-4H3. The van der Waals surface area contributed by atoms with Crippen molar-refractivity contribution in [1.29, 1.82) is 0 Å². The summed E-state index contributed by atoms with van der Waals surface area (Å²) >= 11 is 16.3. The number of nitrogens with zero attached hydrogens (tertiary/aromatic N) is 3. The van der Waals surface area contributed by atoms with Crippen molar-refractivity contribution < 1.29 is 17.5 Å². The summed E-state index contributed by atoms with van der Waals surface area (Å²) in [5, 5.41) is 1.05. The Morgan fingerprint density at radius 3 is 2.49 bits per heavy atom. The fourth-order valence-corrected chi connectivity index (χ4v) is 6.37. The molecule has 0 bridgehead atoms. The van der Waals surface area contributed by atoms with Gasteiger partial charge in [0, 0.05) is 51.8 Å². The highest BCUT2D eigenvalue weighted by molar-refractivity contribution is 9.10. The number of aryl methyl sites for hydroxylation is 2. The molecular weight excluding hydrogens is 597 g/mol. The maximum absolute atomic E-state index is 11.2. The van der Waals surface area contributed by atoms with E-state index >= 15 is 0 Å². The van der Waals surface area contributed by atoms with E-state index in [1.54, 1.807) is 0 Å². The zero-order valence-electron chi connectivity index (χ0n) is 21.3. The van der Waals surface area contributed by atoms with Gasteiger partial charge in [-0.25, -0.2) is 17.6 Å². The molecule has 0 saturated heterocycles. The lowest BCUT2D eigenvalue weighted by molar-refractivity contribution is -0.670. The average Bonchev–Trinajstić information content (AvgIpc) is 3.21. The topological polar surface area (TPSA) is 69.2 Å². The van der Waals surface area contributed by atoms with Crippen LogP contribution >= 0.6 is 39.1 Å². The van der Waals surface area contributed by atoms with Gasteiger partial charge < -0.3 is 9.45 Å². The molecule has 0 aliphatic carbocycles. The van der Waals surface area contributed by atoms with Gasteiger partial charge in [0.1, 0.15) is 0 Å². The molecule has 0 amide bonds. The van der Waals surface area contributed by atoms with E-state index in [-0.39, 0.29) is 11.8 Å². The monoisotopic (exact) mass is 625 g/mol. The second-order valence-electron chi connectivity index (χ2n) is 9.57. The summed E-state index contributed by atoms with van der Waals surface area (Å²) in [5.74, 6) is 0.632. The molecule has 0 saturated carbocycles. The highest BCUT2D eigenvalue weighted by atomic mass is 79.9. The lowest BCUT2D eigenvalue weighted by atomic mass is 9.84. The van der Waals surface area contributed by atoms with Crippen LogP contribution in [0.25, 0.3) is 17.1 Å². The Morgan fingerprint density at radius 2 is 1.84 bits per heavy atom. The number of hydrogen-bond donors (Lipinski definition) is 0. The van der Waals surface area contributed by atoms with E-state index in [1.807, 2.05) is 30.3 Å². The van der Waals surface area contributed by atoms with E-state index in [9.17, 15) is 13.0 Å². The van der Waals surface area contributed by atoms with Crippen molar-refractivity contribution in [3.63, 3.8) is 0 Å². The molecule has 1 aromatic heterocycles. The van der Waals surface area contributed by atoms with Gasteiger partial charge in [0.2, 0.25) is 0 Å². The van der Waals surface area contributed by atoms with Crippen molar-refractivity contribution in [3.8, 4) is 0 Å². The van der Waals surface area contributed by atoms with Gasteiger partial charge in [-0.05, 0) is 50.1 Å². The summed E-state index contributed by atoms with van der Waals surface area (Å²) in [4.78, 5) is 2.13. The summed E-state index contributed by atoms with van der Waals surface area (Å²) in [7, 11) is -4.28. The summed E-state index contributed by atoms with van der Waals surface area (Å²) < 4.78 is 39.1. The number of hydrogen-bond acceptors (Lipinski definition) is 4. The number of allylic oxidation sites excluding steroid dienone is 3. The summed E-state index contributed by atoms with van der Waals surface area (Å²) in [5.41, 5.74) is 4.91. The number of rotatable bonds is 8. The first-order valence-corrected chi connectivity index (χ1v) is 15.3. The van der Waals surface area contributed by atoms with Crippen molar-refractivity contribution in [2.24, 2.45) is 0 Å². The van der Waals surface area contributed by atoms with E-state index in [0.29, 0.717) is 16.6 Å². The second kappa shape index (κ2) is 10.7. The van der Waals surface area contributed by atoms with E-state index < -0.39 is 15.9 Å². The molecule has 198 valence electrons. The Morgan fingerprint density at radius 1 is 1.14 bits per heavy atom. The molecule has 10 heteroatoms. The number of fused-ring (bicyclic) bond motifs is 2. The molecule has 4 rings (SSSR count). The van der Waals surface area contributed by atoms with Gasteiger partial charge in [0.25, 0.3) is 5.82 Å². The molecule has 6 nitrogen and oxygen atoms in total. The molecule has 0 radical (unpaired) electrons. The van der Waals surface area contributed by atoms with E-state index in [1.165, 1.54) is 0 Å². The largest absolute Gasteiger partial charge is 0.748 e. The quantitative estimate of drug-likeness (QED) is 0.207. The minimum Gasteiger partial charge on any atom is -0.748 e. The lowest BCUT2D eigenvalue weighted by Crippen LogP contribution is -2.35. The molecule has 0 spiro atoms. The molecule has 2 heterocycles. The van der Waals surface area contributed by atoms with Crippen molar-refractivity contribution in [2.75, 3.05) is 17.2 Å². The van der Waals surface area contributed by atoms with E-state index in [2.05, 4.69) is 75.9 Å². The van der Waals surface area contributed by atoms with Crippen LogP contribution in [0, 0.1) is 0 Å². The Hall–Kier alpha value is -1.84. The van der Waals surface area contributed by atoms with Crippen LogP contribution < -0.4 is 9.47 Å². The van der Waals surface area contributed by atoms with Crippen LogP contribution in [0.5, 0.6) is 0 Å². The molecule has 0 atom stereocenters. The zero-order chi connectivity index (χ0) is 27.1. The van der Waals surface area contributed by atoms with E-state index in [4.69, 9.17) is 23.2 Å². The zero-order valence-corrected chi connectivity index (χ0v) is 25.2. The van der Waals surface area contributed by atoms with Crippen LogP contribution in [0.3, 0.4) is 0 Å². The Balaban J connectivity index is 1.78. The maximum atomic E-state index is 11.2. The predicted molar refractivity (Wildman–Crippen MR) is 154 cm³/mol. The van der Waals surface area contributed by atoms with Crippen LogP contribution in [-0.4, -0.2) is 29.8 Å². The van der Waals surface area contributed by atoms with Crippen LogP contribution in [0.2, 0.25) is 10.0 Å². The van der Waals surface area contributed by atoms with Crippen molar-refractivity contribution >= 4 is 72.0 Å². The Kier molecular flexibility index (Phi) is 8.17. The van der Waals surface area contributed by atoms with Crippen LogP contribution in [0.15, 0.2) is 52.7 Å². The first-order chi connectivity index (χ1) is 17.4. The van der Waals surface area contributed by atoms with Crippen molar-refractivity contribution in [1.82, 2.24) is 4.57 Å². The van der Waals surface area contributed by atoms with Gasteiger partial charge in [0.15, 0.2) is 11.0 Å². The van der Waals surface area contributed by atoms with Crippen LogP contribution in [0.4, 0.5) is 5.69 Å². The van der Waals surface area contributed by atoms with Gasteiger partial charge in [-0.3, -0.25) is 0 Å². The average molecular weight is 627 g/mol. The third kappa shape index (κ3) is 5.50.